The first-order valence-electron chi connectivity index (χ1n) is 3.60. The Kier molecular flexibility index (Phi) is 20.5. The summed E-state index contributed by atoms with van der Waals surface area (Å²) in [5, 5.41) is 0. The molecular weight excluding hydrogens is 130 g/mol. The van der Waals surface area contributed by atoms with Gasteiger partial charge in [-0.25, -0.2) is 0 Å². The molecule has 1 rings (SSSR count). The van der Waals surface area contributed by atoms with Crippen LogP contribution in [0.3, 0.4) is 0 Å². The topological polar surface area (TPSA) is 12.4 Å². The first-order chi connectivity index (χ1) is 4.50. The third kappa shape index (κ3) is 11.5. The summed E-state index contributed by atoms with van der Waals surface area (Å²) in [5.41, 5.74) is 1.90. The van der Waals surface area contributed by atoms with E-state index in [1.165, 1.54) is 5.75 Å². The number of rotatable bonds is 0. The normalized spacial score (nSPS) is 12.9. The van der Waals surface area contributed by atoms with Gasteiger partial charge < -0.3 is 0 Å². The van der Waals surface area contributed by atoms with Crippen LogP contribution in [0.5, 0.6) is 0 Å². The zero-order valence-electron chi connectivity index (χ0n) is 6.85. The lowest BCUT2D eigenvalue weighted by atomic mass is 10.8. The fourth-order valence-electron chi connectivity index (χ4n) is 0.264. The Bertz CT molecular complexity index is 46.9. The largest absolute Gasteiger partial charge is 0.285 e. The fraction of sp³-hybridized carbons (Fsp3) is 0.857. The lowest BCUT2D eigenvalue weighted by Crippen LogP contribution is -1.69. The highest BCUT2D eigenvalue weighted by molar-refractivity contribution is 8.12. The second-order valence-corrected chi connectivity index (χ2v) is 1.83. The van der Waals surface area contributed by atoms with Crippen LogP contribution in [0.1, 0.15) is 27.7 Å². The van der Waals surface area contributed by atoms with Gasteiger partial charge in [-0.1, -0.05) is 27.7 Å². The maximum absolute atomic E-state index is 3.92. The molecule has 0 bridgehead atoms. The Balaban J connectivity index is 0. The van der Waals surface area contributed by atoms with E-state index in [1.807, 2.05) is 33.2 Å². The van der Waals surface area contributed by atoms with Gasteiger partial charge in [-0.15, -0.1) is 11.8 Å². The zero-order valence-corrected chi connectivity index (χ0v) is 7.66. The van der Waals surface area contributed by atoms with Crippen molar-refractivity contribution in [2.24, 2.45) is 4.99 Å². The summed E-state index contributed by atoms with van der Waals surface area (Å²) in [6.07, 6.45) is 0. The molecule has 0 N–H and O–H groups in total. The standard InChI is InChI=1S/C3H5NS.2C2H6/c1-2-5-3-4-1;2*1-2/h3H,1-2H2;2*1-2H3. The fourth-order valence-corrected chi connectivity index (χ4v) is 0.791. The summed E-state index contributed by atoms with van der Waals surface area (Å²) >= 11 is 1.78. The molecule has 1 nitrogen and oxygen atoms in total. The molecule has 1 aliphatic heterocycles. The van der Waals surface area contributed by atoms with Crippen molar-refractivity contribution in [2.75, 3.05) is 12.3 Å². The summed E-state index contributed by atoms with van der Waals surface area (Å²) in [6, 6.07) is 0. The molecule has 2 heteroatoms. The van der Waals surface area contributed by atoms with E-state index in [4.69, 9.17) is 0 Å². The molecular formula is C7H17NS. The summed E-state index contributed by atoms with van der Waals surface area (Å²) in [7, 11) is 0. The molecule has 0 atom stereocenters. The van der Waals surface area contributed by atoms with E-state index in [-0.39, 0.29) is 0 Å². The van der Waals surface area contributed by atoms with Crippen molar-refractivity contribution in [2.45, 2.75) is 27.7 Å². The van der Waals surface area contributed by atoms with Crippen LogP contribution in [0.15, 0.2) is 4.99 Å². The summed E-state index contributed by atoms with van der Waals surface area (Å²) in [6.45, 7) is 9.03. The highest BCUT2D eigenvalue weighted by atomic mass is 32.2. The van der Waals surface area contributed by atoms with Gasteiger partial charge in [0.1, 0.15) is 0 Å². The van der Waals surface area contributed by atoms with Crippen LogP contribution in [0, 0.1) is 0 Å². The van der Waals surface area contributed by atoms with Gasteiger partial charge in [-0.05, 0) is 0 Å². The first kappa shape index (κ1) is 11.8. The third-order valence-electron chi connectivity index (χ3n) is 0.487. The third-order valence-corrected chi connectivity index (χ3v) is 1.20. The number of aliphatic imine (C=N–C) groups is 1. The van der Waals surface area contributed by atoms with Crippen molar-refractivity contribution in [1.82, 2.24) is 0 Å². The molecule has 0 radical (unpaired) electrons. The highest BCUT2D eigenvalue weighted by Crippen LogP contribution is 1.99. The molecule has 0 aromatic heterocycles. The molecule has 0 unspecified atom stereocenters. The molecule has 56 valence electrons. The highest BCUT2D eigenvalue weighted by Gasteiger charge is 1.86. The average Bonchev–Trinajstić information content (AvgIpc) is 2.51. The summed E-state index contributed by atoms with van der Waals surface area (Å²) in [4.78, 5) is 3.92. The van der Waals surface area contributed by atoms with E-state index < -0.39 is 0 Å². The number of hydrogen-bond donors (Lipinski definition) is 0. The van der Waals surface area contributed by atoms with Gasteiger partial charge in [0.25, 0.3) is 0 Å². The number of nitrogens with zero attached hydrogens (tertiary/aromatic N) is 1. The molecule has 0 aromatic rings. The van der Waals surface area contributed by atoms with Gasteiger partial charge in [0.05, 0.1) is 5.55 Å². The Morgan fingerprint density at radius 3 is 1.89 bits per heavy atom. The molecule has 0 fully saturated rings. The summed E-state index contributed by atoms with van der Waals surface area (Å²) in [5.74, 6) is 1.19. The van der Waals surface area contributed by atoms with Gasteiger partial charge in [0.15, 0.2) is 0 Å². The van der Waals surface area contributed by atoms with Crippen molar-refractivity contribution in [3.8, 4) is 0 Å². The van der Waals surface area contributed by atoms with E-state index >= 15 is 0 Å². The Morgan fingerprint density at radius 1 is 1.22 bits per heavy atom. The van der Waals surface area contributed by atoms with Crippen molar-refractivity contribution in [1.29, 1.82) is 0 Å². The van der Waals surface area contributed by atoms with Crippen molar-refractivity contribution in [3.05, 3.63) is 0 Å². The van der Waals surface area contributed by atoms with Gasteiger partial charge >= 0.3 is 0 Å². The number of thioether (sulfide) groups is 1. The SMILES string of the molecule is C1=NCCS1.CC.CC. The minimum atomic E-state index is 1.03. The molecule has 1 aliphatic rings. The van der Waals surface area contributed by atoms with Gasteiger partial charge in [0.2, 0.25) is 0 Å². The molecule has 0 aromatic carbocycles. The predicted octanol–water partition coefficient (Wildman–Crippen LogP) is 2.81. The van der Waals surface area contributed by atoms with E-state index in [9.17, 15) is 0 Å². The molecule has 0 aliphatic carbocycles. The smallest absolute Gasteiger partial charge is 0.0542 e. The Hall–Kier alpha value is 0.0200. The van der Waals surface area contributed by atoms with Crippen LogP contribution in [0.4, 0.5) is 0 Å². The number of hydrogen-bond acceptors (Lipinski definition) is 2. The molecule has 1 heterocycles. The average molecular weight is 147 g/mol. The van der Waals surface area contributed by atoms with E-state index in [0.717, 1.165) is 6.54 Å². The van der Waals surface area contributed by atoms with Crippen LogP contribution in [0.25, 0.3) is 0 Å². The van der Waals surface area contributed by atoms with Crippen molar-refractivity contribution in [3.63, 3.8) is 0 Å². The molecule has 0 spiro atoms. The van der Waals surface area contributed by atoms with Gasteiger partial charge in [-0.2, -0.15) is 0 Å². The second kappa shape index (κ2) is 15.7. The van der Waals surface area contributed by atoms with Gasteiger partial charge in [-0.3, -0.25) is 4.99 Å². The van der Waals surface area contributed by atoms with E-state index in [0.29, 0.717) is 0 Å². The van der Waals surface area contributed by atoms with Crippen molar-refractivity contribution >= 4 is 17.3 Å². The maximum atomic E-state index is 3.92. The minimum absolute atomic E-state index is 1.03. The maximum Gasteiger partial charge on any atom is 0.0542 e. The van der Waals surface area contributed by atoms with Crippen LogP contribution in [-0.2, 0) is 0 Å². The Labute approximate surface area is 63.0 Å². The van der Waals surface area contributed by atoms with E-state index in [1.54, 1.807) is 11.8 Å². The van der Waals surface area contributed by atoms with Crippen molar-refractivity contribution < 1.29 is 0 Å². The van der Waals surface area contributed by atoms with Crippen LogP contribution in [-0.4, -0.2) is 17.8 Å². The molecule has 0 saturated carbocycles. The second-order valence-electron chi connectivity index (χ2n) is 0.882. The molecule has 0 amide bonds. The lowest BCUT2D eigenvalue weighted by molar-refractivity contribution is 1.18. The minimum Gasteiger partial charge on any atom is -0.285 e. The lowest BCUT2D eigenvalue weighted by Gasteiger charge is -1.67. The van der Waals surface area contributed by atoms with Crippen LogP contribution < -0.4 is 0 Å². The molecule has 0 saturated heterocycles. The van der Waals surface area contributed by atoms with Crippen LogP contribution >= 0.6 is 11.8 Å². The monoisotopic (exact) mass is 147 g/mol. The molecule has 9 heavy (non-hydrogen) atoms. The van der Waals surface area contributed by atoms with E-state index in [2.05, 4.69) is 4.99 Å². The quantitative estimate of drug-likeness (QED) is 0.513. The zero-order chi connectivity index (χ0) is 7.54. The Morgan fingerprint density at radius 2 is 1.78 bits per heavy atom. The predicted molar refractivity (Wildman–Crippen MR) is 48.5 cm³/mol. The summed E-state index contributed by atoms with van der Waals surface area (Å²) < 4.78 is 0. The van der Waals surface area contributed by atoms with Crippen LogP contribution in [0.2, 0.25) is 0 Å². The first-order valence-corrected chi connectivity index (χ1v) is 4.65. The van der Waals surface area contributed by atoms with Gasteiger partial charge in [0, 0.05) is 12.3 Å².